The third-order valence-corrected chi connectivity index (χ3v) is 5.49. The zero-order valence-electron chi connectivity index (χ0n) is 17.0. The van der Waals surface area contributed by atoms with Crippen LogP contribution >= 0.6 is 0 Å². The molecule has 2 aromatic rings. The van der Waals surface area contributed by atoms with E-state index in [1.54, 1.807) is 6.07 Å². The van der Waals surface area contributed by atoms with E-state index in [2.05, 4.69) is 27.1 Å². The number of nitrogens with zero attached hydrogens (tertiary/aromatic N) is 3. The van der Waals surface area contributed by atoms with Crippen LogP contribution in [0, 0.1) is 6.92 Å². The molecule has 2 aliphatic heterocycles. The van der Waals surface area contributed by atoms with Crippen LogP contribution in [-0.4, -0.2) is 47.2 Å². The van der Waals surface area contributed by atoms with Gasteiger partial charge in [-0.05, 0) is 44.9 Å². The fourth-order valence-electron chi connectivity index (χ4n) is 3.93. The molecule has 162 valence electrons. The van der Waals surface area contributed by atoms with E-state index in [9.17, 15) is 13.2 Å². The number of alkyl halides is 3. The second kappa shape index (κ2) is 8.29. The van der Waals surface area contributed by atoms with E-state index in [0.29, 0.717) is 13.2 Å². The van der Waals surface area contributed by atoms with E-state index < -0.39 is 11.9 Å². The summed E-state index contributed by atoms with van der Waals surface area (Å²) in [5, 5.41) is 3.21. The molecular weight excluding hydrogens is 397 g/mol. The van der Waals surface area contributed by atoms with E-state index in [1.807, 2.05) is 12.3 Å². The number of ether oxygens (including phenoxy) is 2. The van der Waals surface area contributed by atoms with E-state index in [0.717, 1.165) is 49.1 Å². The molecule has 1 saturated heterocycles. The Morgan fingerprint density at radius 2 is 2.13 bits per heavy atom. The van der Waals surface area contributed by atoms with Crippen LogP contribution in [0.5, 0.6) is 11.5 Å². The number of anilines is 1. The van der Waals surface area contributed by atoms with Crippen molar-refractivity contribution in [2.45, 2.75) is 45.0 Å². The summed E-state index contributed by atoms with van der Waals surface area (Å²) in [5.74, 6) is 1.72. The number of pyridine rings is 2. The minimum absolute atomic E-state index is 0.0876. The SMILES string of the molecule is Cc1cc(O[C@@H]2CCCN([C@@H](C)c3cnc4c(c3)OCCN4)C2)cc(C(F)(F)F)n1. The first-order chi connectivity index (χ1) is 14.3. The van der Waals surface area contributed by atoms with Gasteiger partial charge >= 0.3 is 6.18 Å². The molecule has 2 aliphatic rings. The summed E-state index contributed by atoms with van der Waals surface area (Å²) >= 11 is 0. The van der Waals surface area contributed by atoms with Crippen molar-refractivity contribution >= 4 is 5.82 Å². The molecule has 30 heavy (non-hydrogen) atoms. The summed E-state index contributed by atoms with van der Waals surface area (Å²) in [4.78, 5) is 10.3. The average Bonchev–Trinajstić information content (AvgIpc) is 2.72. The zero-order valence-corrected chi connectivity index (χ0v) is 17.0. The Kier molecular flexibility index (Phi) is 5.73. The predicted molar refractivity (Wildman–Crippen MR) is 106 cm³/mol. The first-order valence-electron chi connectivity index (χ1n) is 10.1. The first-order valence-corrected chi connectivity index (χ1v) is 10.1. The Balaban J connectivity index is 1.45. The molecule has 0 unspecified atom stereocenters. The van der Waals surface area contributed by atoms with Crippen molar-refractivity contribution in [1.82, 2.24) is 14.9 Å². The van der Waals surface area contributed by atoms with Gasteiger partial charge in [0.2, 0.25) is 0 Å². The molecule has 0 aromatic carbocycles. The Labute approximate surface area is 173 Å². The van der Waals surface area contributed by atoms with Crippen LogP contribution in [0.2, 0.25) is 0 Å². The van der Waals surface area contributed by atoms with Gasteiger partial charge in [0, 0.05) is 36.6 Å². The molecule has 0 radical (unpaired) electrons. The van der Waals surface area contributed by atoms with Crippen molar-refractivity contribution in [2.75, 3.05) is 31.6 Å². The first kappa shape index (κ1) is 20.7. The van der Waals surface area contributed by atoms with Gasteiger partial charge in [0.05, 0.1) is 6.54 Å². The Morgan fingerprint density at radius 1 is 1.30 bits per heavy atom. The quantitative estimate of drug-likeness (QED) is 0.797. The highest BCUT2D eigenvalue weighted by Gasteiger charge is 2.34. The van der Waals surface area contributed by atoms with Crippen LogP contribution in [0.25, 0.3) is 0 Å². The lowest BCUT2D eigenvalue weighted by molar-refractivity contribution is -0.141. The standard InChI is InChI=1S/C21H25F3N4O2/c1-13-8-17(10-19(27-13)21(22,23)24)30-16-4-3-6-28(12-16)14(2)15-9-18-20(26-11-15)25-5-7-29-18/h8-11,14,16H,3-7,12H2,1-2H3,(H,25,26)/t14-,16+/m0/s1. The number of halogens is 3. The largest absolute Gasteiger partial charge is 0.489 e. The molecule has 4 heterocycles. The summed E-state index contributed by atoms with van der Waals surface area (Å²) in [7, 11) is 0. The number of nitrogens with one attached hydrogen (secondary N) is 1. The molecule has 0 spiro atoms. The molecular formula is C21H25F3N4O2. The second-order valence-corrected chi connectivity index (χ2v) is 7.77. The number of fused-ring (bicyclic) bond motifs is 1. The molecule has 2 aromatic heterocycles. The number of hydrogen-bond donors (Lipinski definition) is 1. The third-order valence-electron chi connectivity index (χ3n) is 5.49. The molecule has 0 bridgehead atoms. The number of likely N-dealkylation sites (tertiary alicyclic amines) is 1. The van der Waals surface area contributed by atoms with E-state index >= 15 is 0 Å². The molecule has 1 N–H and O–H groups in total. The van der Waals surface area contributed by atoms with Crippen molar-refractivity contribution < 1.29 is 22.6 Å². The van der Waals surface area contributed by atoms with Crippen LogP contribution in [-0.2, 0) is 6.18 Å². The fraction of sp³-hybridized carbons (Fsp3) is 0.524. The highest BCUT2D eigenvalue weighted by atomic mass is 19.4. The van der Waals surface area contributed by atoms with Gasteiger partial charge in [-0.25, -0.2) is 9.97 Å². The monoisotopic (exact) mass is 422 g/mol. The summed E-state index contributed by atoms with van der Waals surface area (Å²) < 4.78 is 50.8. The average molecular weight is 422 g/mol. The smallest absolute Gasteiger partial charge is 0.433 e. The van der Waals surface area contributed by atoms with Crippen LogP contribution in [0.1, 0.15) is 42.8 Å². The van der Waals surface area contributed by atoms with Crippen LogP contribution in [0.15, 0.2) is 24.4 Å². The molecule has 9 heteroatoms. The summed E-state index contributed by atoms with van der Waals surface area (Å²) in [6.45, 7) is 6.50. The van der Waals surface area contributed by atoms with Gasteiger partial charge in [-0.15, -0.1) is 0 Å². The van der Waals surface area contributed by atoms with Crippen LogP contribution in [0.4, 0.5) is 19.0 Å². The van der Waals surface area contributed by atoms with Gasteiger partial charge < -0.3 is 14.8 Å². The maximum atomic E-state index is 13.1. The molecule has 0 saturated carbocycles. The lowest BCUT2D eigenvalue weighted by Crippen LogP contribution is -2.42. The highest BCUT2D eigenvalue weighted by molar-refractivity contribution is 5.52. The Hall–Kier alpha value is -2.55. The lowest BCUT2D eigenvalue weighted by atomic mass is 10.0. The van der Waals surface area contributed by atoms with Gasteiger partial charge in [0.25, 0.3) is 0 Å². The topological polar surface area (TPSA) is 59.5 Å². The summed E-state index contributed by atoms with van der Waals surface area (Å²) in [6, 6.07) is 4.62. The fourth-order valence-corrected chi connectivity index (χ4v) is 3.93. The minimum atomic E-state index is -4.49. The third kappa shape index (κ3) is 4.61. The highest BCUT2D eigenvalue weighted by Crippen LogP contribution is 2.33. The minimum Gasteiger partial charge on any atom is -0.489 e. The number of piperidine rings is 1. The zero-order chi connectivity index (χ0) is 21.3. The molecule has 0 aliphatic carbocycles. The lowest BCUT2D eigenvalue weighted by Gasteiger charge is -2.37. The van der Waals surface area contributed by atoms with Crippen molar-refractivity contribution in [1.29, 1.82) is 0 Å². The number of rotatable bonds is 4. The van der Waals surface area contributed by atoms with Crippen LogP contribution in [0.3, 0.4) is 0 Å². The predicted octanol–water partition coefficient (Wildman–Crippen LogP) is 4.21. The van der Waals surface area contributed by atoms with Crippen molar-refractivity contribution in [3.63, 3.8) is 0 Å². The Morgan fingerprint density at radius 3 is 2.93 bits per heavy atom. The van der Waals surface area contributed by atoms with Gasteiger partial charge in [-0.2, -0.15) is 13.2 Å². The van der Waals surface area contributed by atoms with Crippen molar-refractivity contribution in [3.05, 3.63) is 41.3 Å². The van der Waals surface area contributed by atoms with E-state index in [4.69, 9.17) is 9.47 Å². The molecule has 4 rings (SSSR count). The Bertz CT molecular complexity index is 906. The summed E-state index contributed by atoms with van der Waals surface area (Å²) in [5.41, 5.74) is 0.402. The number of hydrogen-bond acceptors (Lipinski definition) is 6. The molecule has 6 nitrogen and oxygen atoms in total. The van der Waals surface area contributed by atoms with Crippen LogP contribution < -0.4 is 14.8 Å². The number of aryl methyl sites for hydroxylation is 1. The van der Waals surface area contributed by atoms with Gasteiger partial charge in [0.15, 0.2) is 11.6 Å². The molecule has 1 fully saturated rings. The normalized spacial score (nSPS) is 20.6. The van der Waals surface area contributed by atoms with E-state index in [1.165, 1.54) is 6.92 Å². The van der Waals surface area contributed by atoms with Crippen molar-refractivity contribution in [2.24, 2.45) is 0 Å². The van der Waals surface area contributed by atoms with Gasteiger partial charge in [0.1, 0.15) is 24.2 Å². The van der Waals surface area contributed by atoms with Gasteiger partial charge in [-0.3, -0.25) is 4.90 Å². The van der Waals surface area contributed by atoms with Crippen molar-refractivity contribution in [3.8, 4) is 11.5 Å². The number of aromatic nitrogens is 2. The summed E-state index contributed by atoms with van der Waals surface area (Å²) in [6.07, 6.45) is -1.14. The molecule has 0 amide bonds. The second-order valence-electron chi connectivity index (χ2n) is 7.77. The van der Waals surface area contributed by atoms with E-state index in [-0.39, 0.29) is 23.6 Å². The molecule has 2 atom stereocenters. The maximum absolute atomic E-state index is 13.1. The van der Waals surface area contributed by atoms with Gasteiger partial charge in [-0.1, -0.05) is 0 Å². The maximum Gasteiger partial charge on any atom is 0.433 e.